The highest BCUT2D eigenvalue weighted by Crippen LogP contribution is 2.34. The van der Waals surface area contributed by atoms with E-state index in [9.17, 15) is 4.79 Å². The molecule has 0 unspecified atom stereocenters. The standard InChI is InChI=1S/C12H12O4/c1-3-14-12(13)11-8(2)15-9-6-4-5-7-10(9)16-11/h4-7H,3H2,1-2H3. The number of allylic oxidation sites excluding steroid dienone is 1. The van der Waals surface area contributed by atoms with Crippen molar-refractivity contribution in [2.24, 2.45) is 0 Å². The average Bonchev–Trinajstić information content (AvgIpc) is 2.28. The van der Waals surface area contributed by atoms with Gasteiger partial charge in [0.05, 0.1) is 6.61 Å². The summed E-state index contributed by atoms with van der Waals surface area (Å²) < 4.78 is 15.8. The van der Waals surface area contributed by atoms with Crippen molar-refractivity contribution in [2.45, 2.75) is 13.8 Å². The maximum Gasteiger partial charge on any atom is 0.377 e. The van der Waals surface area contributed by atoms with Gasteiger partial charge in [-0.25, -0.2) is 4.79 Å². The predicted molar refractivity (Wildman–Crippen MR) is 57.0 cm³/mol. The molecular weight excluding hydrogens is 208 g/mol. The Balaban J connectivity index is 2.27. The number of hydrogen-bond acceptors (Lipinski definition) is 4. The highest BCUT2D eigenvalue weighted by molar-refractivity contribution is 5.87. The Morgan fingerprint density at radius 1 is 1.25 bits per heavy atom. The number of fused-ring (bicyclic) bond motifs is 1. The van der Waals surface area contributed by atoms with Crippen molar-refractivity contribution in [2.75, 3.05) is 6.61 Å². The maximum absolute atomic E-state index is 11.5. The number of carbonyl (C=O) groups excluding carboxylic acids is 1. The first-order valence-corrected chi connectivity index (χ1v) is 5.05. The molecule has 0 aromatic heterocycles. The van der Waals surface area contributed by atoms with Gasteiger partial charge in [0.2, 0.25) is 5.76 Å². The number of rotatable bonds is 2. The molecule has 0 radical (unpaired) electrons. The van der Waals surface area contributed by atoms with Gasteiger partial charge in [-0.3, -0.25) is 0 Å². The second kappa shape index (κ2) is 4.26. The third kappa shape index (κ3) is 1.86. The Bertz CT molecular complexity index is 448. The lowest BCUT2D eigenvalue weighted by molar-refractivity contribution is -0.141. The van der Waals surface area contributed by atoms with Crippen LogP contribution in [0.15, 0.2) is 35.8 Å². The normalized spacial score (nSPS) is 13.6. The first-order valence-electron chi connectivity index (χ1n) is 5.05. The minimum Gasteiger partial charge on any atom is -0.460 e. The quantitative estimate of drug-likeness (QED) is 0.717. The molecule has 1 heterocycles. The molecule has 0 N–H and O–H groups in total. The highest BCUT2D eigenvalue weighted by atomic mass is 16.6. The van der Waals surface area contributed by atoms with Gasteiger partial charge in [-0.15, -0.1) is 0 Å². The third-order valence-electron chi connectivity index (χ3n) is 2.10. The summed E-state index contributed by atoms with van der Waals surface area (Å²) in [4.78, 5) is 11.5. The van der Waals surface area contributed by atoms with Gasteiger partial charge in [0.15, 0.2) is 17.3 Å². The zero-order valence-corrected chi connectivity index (χ0v) is 9.15. The van der Waals surface area contributed by atoms with E-state index in [1.807, 2.05) is 12.1 Å². The lowest BCUT2D eigenvalue weighted by Gasteiger charge is -2.20. The van der Waals surface area contributed by atoms with Gasteiger partial charge in [-0.1, -0.05) is 12.1 Å². The fraction of sp³-hybridized carbons (Fsp3) is 0.250. The minimum atomic E-state index is -0.505. The van der Waals surface area contributed by atoms with Crippen LogP contribution in [-0.2, 0) is 9.53 Å². The first-order chi connectivity index (χ1) is 7.72. The molecule has 1 aromatic rings. The maximum atomic E-state index is 11.5. The number of esters is 1. The summed E-state index contributed by atoms with van der Waals surface area (Å²) >= 11 is 0. The van der Waals surface area contributed by atoms with Crippen molar-refractivity contribution in [1.29, 1.82) is 0 Å². The van der Waals surface area contributed by atoms with Gasteiger partial charge >= 0.3 is 5.97 Å². The monoisotopic (exact) mass is 220 g/mol. The largest absolute Gasteiger partial charge is 0.460 e. The highest BCUT2D eigenvalue weighted by Gasteiger charge is 2.25. The molecule has 2 rings (SSSR count). The number of hydrogen-bond donors (Lipinski definition) is 0. The Kier molecular flexibility index (Phi) is 2.81. The van der Waals surface area contributed by atoms with E-state index in [0.717, 1.165) is 0 Å². The molecule has 1 aromatic carbocycles. The predicted octanol–water partition coefficient (Wildman–Crippen LogP) is 2.25. The number of para-hydroxylation sites is 2. The van der Waals surface area contributed by atoms with E-state index in [4.69, 9.17) is 14.2 Å². The van der Waals surface area contributed by atoms with Gasteiger partial charge in [-0.2, -0.15) is 0 Å². The molecule has 0 atom stereocenters. The number of benzene rings is 1. The fourth-order valence-electron chi connectivity index (χ4n) is 1.39. The molecule has 0 fully saturated rings. The van der Waals surface area contributed by atoms with Gasteiger partial charge in [0.1, 0.15) is 0 Å². The lowest BCUT2D eigenvalue weighted by Crippen LogP contribution is -2.19. The second-order valence-corrected chi connectivity index (χ2v) is 3.26. The Morgan fingerprint density at radius 3 is 2.50 bits per heavy atom. The SMILES string of the molecule is CCOC(=O)C1=C(C)Oc2ccccc2O1. The van der Waals surface area contributed by atoms with Crippen LogP contribution in [0.5, 0.6) is 11.5 Å². The molecule has 0 aliphatic carbocycles. The summed E-state index contributed by atoms with van der Waals surface area (Å²) in [5, 5.41) is 0. The van der Waals surface area contributed by atoms with Gasteiger partial charge in [-0.05, 0) is 26.0 Å². The van der Waals surface area contributed by atoms with Crippen LogP contribution in [0.25, 0.3) is 0 Å². The third-order valence-corrected chi connectivity index (χ3v) is 2.10. The van der Waals surface area contributed by atoms with Crippen molar-refractivity contribution in [3.63, 3.8) is 0 Å². The van der Waals surface area contributed by atoms with Crippen LogP contribution >= 0.6 is 0 Å². The summed E-state index contributed by atoms with van der Waals surface area (Å²) in [6, 6.07) is 7.16. The van der Waals surface area contributed by atoms with E-state index >= 15 is 0 Å². The van der Waals surface area contributed by atoms with Gasteiger partial charge in [0, 0.05) is 0 Å². The molecule has 4 heteroatoms. The van der Waals surface area contributed by atoms with Crippen molar-refractivity contribution in [3.05, 3.63) is 35.8 Å². The summed E-state index contributed by atoms with van der Waals surface area (Å²) in [5.41, 5.74) is 0. The molecule has 0 spiro atoms. The number of ether oxygens (including phenoxy) is 3. The lowest BCUT2D eigenvalue weighted by atomic mass is 10.3. The molecule has 0 saturated heterocycles. The Hall–Kier alpha value is -1.97. The molecular formula is C12H12O4. The molecule has 16 heavy (non-hydrogen) atoms. The van der Waals surface area contributed by atoms with Crippen LogP contribution in [0.4, 0.5) is 0 Å². The summed E-state index contributed by atoms with van der Waals surface area (Å²) in [6.45, 7) is 3.72. The topological polar surface area (TPSA) is 44.8 Å². The van der Waals surface area contributed by atoms with Gasteiger partial charge < -0.3 is 14.2 Å². The first kappa shape index (κ1) is 10.5. The zero-order chi connectivity index (χ0) is 11.5. The number of carbonyl (C=O) groups is 1. The minimum absolute atomic E-state index is 0.112. The van der Waals surface area contributed by atoms with Crippen LogP contribution in [0.3, 0.4) is 0 Å². The molecule has 4 nitrogen and oxygen atoms in total. The second-order valence-electron chi connectivity index (χ2n) is 3.26. The van der Waals surface area contributed by atoms with Crippen LogP contribution in [-0.4, -0.2) is 12.6 Å². The van der Waals surface area contributed by atoms with Crippen LogP contribution in [0.2, 0.25) is 0 Å². The molecule has 84 valence electrons. The summed E-state index contributed by atoms with van der Waals surface area (Å²) in [6.07, 6.45) is 0. The van der Waals surface area contributed by atoms with Gasteiger partial charge in [0.25, 0.3) is 0 Å². The Labute approximate surface area is 93.4 Å². The van der Waals surface area contributed by atoms with Crippen molar-refractivity contribution < 1.29 is 19.0 Å². The van der Waals surface area contributed by atoms with Crippen LogP contribution < -0.4 is 9.47 Å². The van der Waals surface area contributed by atoms with E-state index in [-0.39, 0.29) is 5.76 Å². The zero-order valence-electron chi connectivity index (χ0n) is 9.15. The molecule has 1 aliphatic heterocycles. The van der Waals surface area contributed by atoms with Crippen molar-refractivity contribution in [1.82, 2.24) is 0 Å². The molecule has 0 saturated carbocycles. The van der Waals surface area contributed by atoms with Crippen molar-refractivity contribution in [3.8, 4) is 11.5 Å². The van der Waals surface area contributed by atoms with Crippen molar-refractivity contribution >= 4 is 5.97 Å². The van der Waals surface area contributed by atoms with Crippen LogP contribution in [0, 0.1) is 0 Å². The van der Waals surface area contributed by atoms with E-state index in [0.29, 0.717) is 23.9 Å². The summed E-state index contributed by atoms with van der Waals surface area (Å²) in [7, 11) is 0. The van der Waals surface area contributed by atoms with E-state index < -0.39 is 5.97 Å². The average molecular weight is 220 g/mol. The summed E-state index contributed by atoms with van der Waals surface area (Å²) in [5.74, 6) is 1.15. The smallest absolute Gasteiger partial charge is 0.377 e. The van der Waals surface area contributed by atoms with E-state index in [1.54, 1.807) is 26.0 Å². The fourth-order valence-corrected chi connectivity index (χ4v) is 1.39. The molecule has 0 bridgehead atoms. The molecule has 0 amide bonds. The Morgan fingerprint density at radius 2 is 1.88 bits per heavy atom. The van der Waals surface area contributed by atoms with E-state index in [1.165, 1.54) is 0 Å². The van der Waals surface area contributed by atoms with E-state index in [2.05, 4.69) is 0 Å². The molecule has 1 aliphatic rings. The van der Waals surface area contributed by atoms with Crippen LogP contribution in [0.1, 0.15) is 13.8 Å².